The molecule has 0 N–H and O–H groups in total. The van der Waals surface area contributed by atoms with Crippen LogP contribution in [0.1, 0.15) is 11.1 Å². The Labute approximate surface area is 163 Å². The number of ether oxygens (including phenoxy) is 1. The SMILES string of the molecule is N#CC(=Cc1ccccc1OCc1ccccc1F)S(=O)(=O)c1ccccc1. The second-order valence-corrected chi connectivity index (χ2v) is 7.77. The summed E-state index contributed by atoms with van der Waals surface area (Å²) in [7, 11) is -3.96. The highest BCUT2D eigenvalue weighted by molar-refractivity contribution is 7.95. The van der Waals surface area contributed by atoms with Gasteiger partial charge in [-0.15, -0.1) is 0 Å². The summed E-state index contributed by atoms with van der Waals surface area (Å²) in [5.74, 6) is -0.0401. The number of rotatable bonds is 6. The maximum Gasteiger partial charge on any atom is 0.216 e. The minimum Gasteiger partial charge on any atom is -0.488 e. The minimum atomic E-state index is -3.96. The highest BCUT2D eigenvalue weighted by Gasteiger charge is 2.21. The lowest BCUT2D eigenvalue weighted by atomic mass is 10.2. The van der Waals surface area contributed by atoms with E-state index >= 15 is 0 Å². The van der Waals surface area contributed by atoms with Gasteiger partial charge in [-0.1, -0.05) is 54.6 Å². The summed E-state index contributed by atoms with van der Waals surface area (Å²) in [5, 5.41) is 9.43. The molecule has 0 radical (unpaired) electrons. The van der Waals surface area contributed by atoms with Crippen LogP contribution in [0.25, 0.3) is 6.08 Å². The molecular weight excluding hydrogens is 377 g/mol. The molecule has 0 bridgehead atoms. The lowest BCUT2D eigenvalue weighted by Crippen LogP contribution is -2.04. The van der Waals surface area contributed by atoms with E-state index in [1.54, 1.807) is 66.7 Å². The second-order valence-electron chi connectivity index (χ2n) is 5.85. The number of hydrogen-bond acceptors (Lipinski definition) is 4. The van der Waals surface area contributed by atoms with Gasteiger partial charge < -0.3 is 4.74 Å². The molecule has 0 aliphatic carbocycles. The van der Waals surface area contributed by atoms with Gasteiger partial charge >= 0.3 is 0 Å². The predicted molar refractivity (Wildman–Crippen MR) is 104 cm³/mol. The highest BCUT2D eigenvalue weighted by atomic mass is 32.2. The molecule has 0 saturated carbocycles. The largest absolute Gasteiger partial charge is 0.488 e. The highest BCUT2D eigenvalue weighted by Crippen LogP contribution is 2.26. The average Bonchev–Trinajstić information content (AvgIpc) is 2.72. The summed E-state index contributed by atoms with van der Waals surface area (Å²) < 4.78 is 44.9. The van der Waals surface area contributed by atoms with E-state index in [1.165, 1.54) is 24.3 Å². The first-order valence-corrected chi connectivity index (χ1v) is 9.88. The lowest BCUT2D eigenvalue weighted by molar-refractivity contribution is 0.299. The molecule has 0 aromatic heterocycles. The lowest BCUT2D eigenvalue weighted by Gasteiger charge is -2.10. The van der Waals surface area contributed by atoms with Crippen molar-refractivity contribution in [3.63, 3.8) is 0 Å². The van der Waals surface area contributed by atoms with E-state index in [4.69, 9.17) is 4.74 Å². The molecule has 0 amide bonds. The first-order valence-electron chi connectivity index (χ1n) is 8.39. The molecule has 0 heterocycles. The number of para-hydroxylation sites is 1. The Balaban J connectivity index is 1.93. The smallest absolute Gasteiger partial charge is 0.216 e. The fourth-order valence-electron chi connectivity index (χ4n) is 2.54. The third-order valence-electron chi connectivity index (χ3n) is 4.00. The molecule has 0 saturated heterocycles. The van der Waals surface area contributed by atoms with Gasteiger partial charge in [0.1, 0.15) is 29.1 Å². The topological polar surface area (TPSA) is 67.2 Å². The quantitative estimate of drug-likeness (QED) is 0.567. The zero-order valence-electron chi connectivity index (χ0n) is 14.7. The van der Waals surface area contributed by atoms with Crippen molar-refractivity contribution in [1.29, 1.82) is 5.26 Å². The molecule has 140 valence electrons. The summed E-state index contributed by atoms with van der Waals surface area (Å²) in [4.78, 5) is -0.367. The van der Waals surface area contributed by atoms with Gasteiger partial charge in [-0.2, -0.15) is 5.26 Å². The maximum atomic E-state index is 13.8. The number of hydrogen-bond donors (Lipinski definition) is 0. The van der Waals surface area contributed by atoms with Gasteiger partial charge in [0, 0.05) is 11.1 Å². The number of nitrogens with zero attached hydrogens (tertiary/aromatic N) is 1. The van der Waals surface area contributed by atoms with Gasteiger partial charge in [0.15, 0.2) is 0 Å². The van der Waals surface area contributed by atoms with Crippen molar-refractivity contribution < 1.29 is 17.5 Å². The summed E-state index contributed by atoms with van der Waals surface area (Å²) in [5.41, 5.74) is 0.786. The van der Waals surface area contributed by atoms with Crippen LogP contribution in [0, 0.1) is 17.1 Å². The fraction of sp³-hybridized carbons (Fsp3) is 0.0455. The van der Waals surface area contributed by atoms with E-state index in [2.05, 4.69) is 0 Å². The number of halogens is 1. The van der Waals surface area contributed by atoms with Crippen molar-refractivity contribution in [1.82, 2.24) is 0 Å². The van der Waals surface area contributed by atoms with Crippen LogP contribution in [0.3, 0.4) is 0 Å². The van der Waals surface area contributed by atoms with Gasteiger partial charge in [0.2, 0.25) is 9.84 Å². The Hall–Kier alpha value is -3.43. The van der Waals surface area contributed by atoms with Crippen LogP contribution < -0.4 is 4.74 Å². The van der Waals surface area contributed by atoms with Crippen molar-refractivity contribution in [2.24, 2.45) is 0 Å². The third kappa shape index (κ3) is 4.27. The molecule has 3 rings (SSSR count). The summed E-state index contributed by atoms with van der Waals surface area (Å²) in [6.45, 7) is -0.0230. The molecule has 0 atom stereocenters. The zero-order chi connectivity index (χ0) is 20.0. The Morgan fingerprint density at radius 2 is 1.61 bits per heavy atom. The Morgan fingerprint density at radius 3 is 2.32 bits per heavy atom. The van der Waals surface area contributed by atoms with Crippen LogP contribution in [0.4, 0.5) is 4.39 Å². The number of nitriles is 1. The molecule has 4 nitrogen and oxygen atoms in total. The monoisotopic (exact) mass is 393 g/mol. The standard InChI is InChI=1S/C22H16FNO3S/c23-21-12-6-4-9-18(21)16-27-22-13-7-5-8-17(22)14-20(15-24)28(25,26)19-10-2-1-3-11-19/h1-14H,16H2. The van der Waals surface area contributed by atoms with Gasteiger partial charge in [0.05, 0.1) is 4.90 Å². The second kappa shape index (κ2) is 8.51. The van der Waals surface area contributed by atoms with E-state index in [0.717, 1.165) is 0 Å². The maximum absolute atomic E-state index is 13.8. The van der Waals surface area contributed by atoms with Crippen LogP contribution >= 0.6 is 0 Å². The third-order valence-corrected chi connectivity index (χ3v) is 5.68. The molecule has 28 heavy (non-hydrogen) atoms. The molecule has 0 spiro atoms. The Bertz CT molecular complexity index is 1150. The summed E-state index contributed by atoms with van der Waals surface area (Å²) in [6, 6.07) is 22.4. The Kier molecular flexibility index (Phi) is 5.87. The molecule has 0 aliphatic heterocycles. The van der Waals surface area contributed by atoms with Crippen molar-refractivity contribution in [3.8, 4) is 11.8 Å². The van der Waals surface area contributed by atoms with Crippen molar-refractivity contribution in [2.45, 2.75) is 11.5 Å². The fourth-order valence-corrected chi connectivity index (χ4v) is 3.71. The molecule has 0 fully saturated rings. The molecule has 3 aromatic rings. The van der Waals surface area contributed by atoms with E-state index in [-0.39, 0.29) is 17.3 Å². The van der Waals surface area contributed by atoms with Crippen LogP contribution in [-0.2, 0) is 16.4 Å². The zero-order valence-corrected chi connectivity index (χ0v) is 15.6. The van der Waals surface area contributed by atoms with Crippen molar-refractivity contribution in [2.75, 3.05) is 0 Å². The molecular formula is C22H16FNO3S. The van der Waals surface area contributed by atoms with E-state index < -0.39 is 14.7 Å². The van der Waals surface area contributed by atoms with Gasteiger partial charge in [-0.05, 0) is 30.3 Å². The minimum absolute atomic E-state index is 0.0230. The molecule has 6 heteroatoms. The average molecular weight is 393 g/mol. The molecule has 0 unspecified atom stereocenters. The number of benzene rings is 3. The van der Waals surface area contributed by atoms with Crippen LogP contribution in [0.15, 0.2) is 88.7 Å². The van der Waals surface area contributed by atoms with Crippen LogP contribution in [0.2, 0.25) is 0 Å². The number of allylic oxidation sites excluding steroid dienone is 1. The van der Waals surface area contributed by atoms with Crippen LogP contribution in [0.5, 0.6) is 5.75 Å². The number of sulfone groups is 1. The van der Waals surface area contributed by atoms with E-state index in [9.17, 15) is 18.1 Å². The Morgan fingerprint density at radius 1 is 0.964 bits per heavy atom. The predicted octanol–water partition coefficient (Wildman–Crippen LogP) is 4.74. The first kappa shape index (κ1) is 19.3. The van der Waals surface area contributed by atoms with E-state index in [0.29, 0.717) is 16.9 Å². The van der Waals surface area contributed by atoms with Crippen molar-refractivity contribution in [3.05, 3.63) is 101 Å². The van der Waals surface area contributed by atoms with Crippen molar-refractivity contribution >= 4 is 15.9 Å². The van der Waals surface area contributed by atoms with Gasteiger partial charge in [-0.25, -0.2) is 12.8 Å². The normalized spacial score (nSPS) is 11.6. The summed E-state index contributed by atoms with van der Waals surface area (Å²) >= 11 is 0. The van der Waals surface area contributed by atoms with Gasteiger partial charge in [0.25, 0.3) is 0 Å². The molecule has 3 aromatic carbocycles. The van der Waals surface area contributed by atoms with Crippen LogP contribution in [-0.4, -0.2) is 8.42 Å². The first-order chi connectivity index (χ1) is 13.5. The summed E-state index contributed by atoms with van der Waals surface area (Å²) in [6.07, 6.45) is 1.26. The molecule has 0 aliphatic rings. The van der Waals surface area contributed by atoms with Gasteiger partial charge in [-0.3, -0.25) is 0 Å². The van der Waals surface area contributed by atoms with E-state index in [1.807, 2.05) is 0 Å².